The number of ether oxygens (including phenoxy) is 3. The molecule has 0 aromatic carbocycles. The maximum Gasteiger partial charge on any atom is 0.427 e. The van der Waals surface area contributed by atoms with Crippen molar-refractivity contribution in [1.82, 2.24) is 5.43 Å². The Morgan fingerprint density at radius 3 is 2.43 bits per heavy atom. The van der Waals surface area contributed by atoms with Crippen molar-refractivity contribution in [2.24, 2.45) is 33.7 Å². The summed E-state index contributed by atoms with van der Waals surface area (Å²) in [4.78, 5) is 35.5. The minimum atomic E-state index is -1.52. The summed E-state index contributed by atoms with van der Waals surface area (Å²) in [6.45, 7) is 10.8. The molecule has 8 atom stereocenters. The van der Waals surface area contributed by atoms with Crippen LogP contribution in [-0.2, 0) is 23.8 Å². The highest BCUT2D eigenvalue weighted by Crippen LogP contribution is 2.67. The van der Waals surface area contributed by atoms with E-state index in [0.717, 1.165) is 38.5 Å². The number of fused-ring (bicyclic) bond motifs is 5. The van der Waals surface area contributed by atoms with Gasteiger partial charge < -0.3 is 19.3 Å². The summed E-state index contributed by atoms with van der Waals surface area (Å²) in [6.07, 6.45) is 6.51. The first kappa shape index (κ1) is 27.6. The normalized spacial score (nSPS) is 40.9. The molecule has 37 heavy (non-hydrogen) atoms. The van der Waals surface area contributed by atoms with Crippen molar-refractivity contribution in [3.8, 4) is 0 Å². The van der Waals surface area contributed by atoms with Crippen molar-refractivity contribution >= 4 is 23.7 Å². The van der Waals surface area contributed by atoms with E-state index >= 15 is 0 Å². The lowest BCUT2D eigenvalue weighted by Crippen LogP contribution is -2.60. The summed E-state index contributed by atoms with van der Waals surface area (Å²) < 4.78 is 16.2. The van der Waals surface area contributed by atoms with Gasteiger partial charge in [0.2, 0.25) is 0 Å². The molecule has 9 heteroatoms. The van der Waals surface area contributed by atoms with E-state index in [0.29, 0.717) is 24.0 Å². The number of hydrazone groups is 1. The molecule has 0 spiro atoms. The first-order chi connectivity index (χ1) is 17.4. The van der Waals surface area contributed by atoms with Crippen LogP contribution in [0.3, 0.4) is 0 Å². The Bertz CT molecular complexity index is 1010. The summed E-state index contributed by atoms with van der Waals surface area (Å²) in [5, 5.41) is 16.5. The predicted octanol–water partition coefficient (Wildman–Crippen LogP) is 4.28. The molecular weight excluding hydrogens is 476 g/mol. The van der Waals surface area contributed by atoms with Gasteiger partial charge in [0.05, 0.1) is 12.3 Å². The molecule has 3 saturated carbocycles. The number of nitrogens with one attached hydrogen (secondary N) is 1. The molecule has 0 saturated heterocycles. The lowest BCUT2D eigenvalue weighted by molar-refractivity contribution is -0.161. The number of carbonyl (C=O) groups excluding carboxylic acids is 3. The number of amides is 1. The third-order valence-corrected chi connectivity index (χ3v) is 10.0. The van der Waals surface area contributed by atoms with Crippen molar-refractivity contribution in [3.63, 3.8) is 0 Å². The first-order valence-corrected chi connectivity index (χ1v) is 13.6. The Labute approximate surface area is 219 Å². The van der Waals surface area contributed by atoms with Gasteiger partial charge in [-0.15, -0.1) is 0 Å². The quantitative estimate of drug-likeness (QED) is 0.183. The topological polar surface area (TPSA) is 124 Å². The third-order valence-electron chi connectivity index (χ3n) is 10.0. The van der Waals surface area contributed by atoms with Gasteiger partial charge >= 0.3 is 18.0 Å². The Morgan fingerprint density at radius 1 is 1.08 bits per heavy atom. The van der Waals surface area contributed by atoms with Crippen LogP contribution in [0.4, 0.5) is 4.79 Å². The zero-order valence-electron chi connectivity index (χ0n) is 23.0. The summed E-state index contributed by atoms with van der Waals surface area (Å²) in [5.74, 6) is 0.173. The molecule has 9 nitrogen and oxygen atoms in total. The number of aliphatic hydroxyl groups is 1. The van der Waals surface area contributed by atoms with E-state index < -0.39 is 29.2 Å². The van der Waals surface area contributed by atoms with Crippen LogP contribution in [0.1, 0.15) is 86.5 Å². The van der Waals surface area contributed by atoms with E-state index in [-0.39, 0.29) is 30.0 Å². The lowest BCUT2D eigenvalue weighted by Gasteiger charge is -2.58. The molecule has 2 N–H and O–H groups in total. The Morgan fingerprint density at radius 2 is 1.78 bits per heavy atom. The number of carbonyl (C=O) groups is 3. The molecule has 3 fully saturated rings. The molecular formula is C28H42N2O7. The van der Waals surface area contributed by atoms with Gasteiger partial charge in [0, 0.05) is 25.7 Å². The monoisotopic (exact) mass is 518 g/mol. The van der Waals surface area contributed by atoms with Crippen LogP contribution in [0.25, 0.3) is 0 Å². The van der Waals surface area contributed by atoms with Gasteiger partial charge in [-0.25, -0.2) is 10.2 Å². The van der Waals surface area contributed by atoms with Gasteiger partial charge in [-0.1, -0.05) is 25.5 Å². The summed E-state index contributed by atoms with van der Waals surface area (Å²) in [7, 11) is 0. The molecule has 0 heterocycles. The molecule has 0 aromatic heterocycles. The standard InChI is InChI=1S/C28H42N2O7/c1-7-35-25(33)30-29-16(2)28(34)24(37-18(4)32)15-23-21-9-8-19-14-20(36-17(3)31)10-12-26(19,5)22(21)11-13-27(23,28)6/h8,20-24,34H,7,9-15H2,1-6H3,(H,30,33)/b29-16-/t20-,21-,22-,23+,24+,26-,27-,28+/m0/s1. The zero-order valence-corrected chi connectivity index (χ0v) is 23.0. The van der Waals surface area contributed by atoms with Crippen LogP contribution in [0.5, 0.6) is 0 Å². The van der Waals surface area contributed by atoms with Crippen LogP contribution >= 0.6 is 0 Å². The van der Waals surface area contributed by atoms with Crippen molar-refractivity contribution in [3.05, 3.63) is 11.6 Å². The van der Waals surface area contributed by atoms with Gasteiger partial charge in [-0.2, -0.15) is 5.10 Å². The number of hydrogen-bond acceptors (Lipinski definition) is 8. The van der Waals surface area contributed by atoms with Gasteiger partial charge in [0.15, 0.2) is 0 Å². The van der Waals surface area contributed by atoms with Crippen LogP contribution in [0, 0.1) is 28.6 Å². The molecule has 4 aliphatic carbocycles. The molecule has 4 rings (SSSR count). The molecule has 206 valence electrons. The summed E-state index contributed by atoms with van der Waals surface area (Å²) >= 11 is 0. The minimum absolute atomic E-state index is 0.0210. The highest BCUT2D eigenvalue weighted by Gasteiger charge is 2.69. The fourth-order valence-corrected chi connectivity index (χ4v) is 8.32. The fraction of sp³-hybridized carbons (Fsp3) is 0.786. The zero-order chi connectivity index (χ0) is 27.2. The van der Waals surface area contributed by atoms with Crippen molar-refractivity contribution < 1.29 is 33.7 Å². The van der Waals surface area contributed by atoms with Crippen molar-refractivity contribution in [1.29, 1.82) is 0 Å². The molecule has 0 aromatic rings. The van der Waals surface area contributed by atoms with Gasteiger partial charge in [0.1, 0.15) is 17.8 Å². The minimum Gasteiger partial charge on any atom is -0.462 e. The summed E-state index contributed by atoms with van der Waals surface area (Å²) in [6, 6.07) is 0. The lowest BCUT2D eigenvalue weighted by atomic mass is 9.46. The van der Waals surface area contributed by atoms with Crippen molar-refractivity contribution in [2.75, 3.05) is 6.61 Å². The van der Waals surface area contributed by atoms with E-state index in [1.807, 2.05) is 0 Å². The number of nitrogens with zero attached hydrogens (tertiary/aromatic N) is 1. The van der Waals surface area contributed by atoms with Crippen molar-refractivity contribution in [2.45, 2.75) is 104 Å². The number of rotatable bonds is 5. The number of allylic oxidation sites excluding steroid dienone is 1. The smallest absolute Gasteiger partial charge is 0.427 e. The first-order valence-electron chi connectivity index (χ1n) is 13.6. The van der Waals surface area contributed by atoms with Crippen LogP contribution in [-0.4, -0.2) is 53.3 Å². The fourth-order valence-electron chi connectivity index (χ4n) is 8.32. The van der Waals surface area contributed by atoms with Crippen LogP contribution in [0.15, 0.2) is 16.8 Å². The van der Waals surface area contributed by atoms with Crippen LogP contribution in [0.2, 0.25) is 0 Å². The van der Waals surface area contributed by atoms with E-state index in [4.69, 9.17) is 14.2 Å². The van der Waals surface area contributed by atoms with Crippen LogP contribution < -0.4 is 5.43 Å². The van der Waals surface area contributed by atoms with Gasteiger partial charge in [-0.3, -0.25) is 9.59 Å². The maximum absolute atomic E-state index is 12.3. The third kappa shape index (κ3) is 4.57. The number of hydrogen-bond donors (Lipinski definition) is 2. The Hall–Kier alpha value is -2.42. The predicted molar refractivity (Wildman–Crippen MR) is 136 cm³/mol. The second-order valence-electron chi connectivity index (χ2n) is 11.8. The highest BCUT2D eigenvalue weighted by molar-refractivity contribution is 5.93. The largest absolute Gasteiger partial charge is 0.462 e. The average molecular weight is 519 g/mol. The summed E-state index contributed by atoms with van der Waals surface area (Å²) in [5.41, 5.74) is 1.98. The molecule has 0 unspecified atom stereocenters. The average Bonchev–Trinajstić information content (AvgIpc) is 3.05. The van der Waals surface area contributed by atoms with E-state index in [9.17, 15) is 19.5 Å². The molecule has 0 bridgehead atoms. The maximum atomic E-state index is 12.3. The van der Waals surface area contributed by atoms with Gasteiger partial charge in [-0.05, 0) is 75.5 Å². The molecule has 1 amide bonds. The Balaban J connectivity index is 1.65. The van der Waals surface area contributed by atoms with E-state index in [1.165, 1.54) is 19.4 Å². The number of esters is 2. The SMILES string of the molecule is CCOC(=O)N/N=C(/C)[C@@]1(O)[C@H](OC(C)=O)C[C@@H]2[C@H]3CC=C4C[C@@H](OC(C)=O)CC[C@]4(C)[C@H]3CC[C@@]21C. The second-order valence-corrected chi connectivity index (χ2v) is 11.8. The van der Waals surface area contributed by atoms with Gasteiger partial charge in [0.25, 0.3) is 0 Å². The molecule has 4 aliphatic rings. The molecule has 0 radical (unpaired) electrons. The van der Waals surface area contributed by atoms with E-state index in [1.54, 1.807) is 13.8 Å². The van der Waals surface area contributed by atoms with E-state index in [2.05, 4.69) is 30.5 Å². The Kier molecular flexibility index (Phi) is 7.49. The molecule has 0 aliphatic heterocycles. The second kappa shape index (κ2) is 10.0. The highest BCUT2D eigenvalue weighted by atomic mass is 16.6.